The minimum atomic E-state index is -0.434. The average Bonchev–Trinajstić information content (AvgIpc) is 2.79. The molecule has 1 aromatic rings. The molecule has 1 saturated heterocycles. The van der Waals surface area contributed by atoms with Gasteiger partial charge in [-0.3, -0.25) is 14.4 Å². The molecule has 0 radical (unpaired) electrons. The van der Waals surface area contributed by atoms with Crippen LogP contribution in [-0.2, 0) is 4.74 Å². The molecule has 0 aromatic carbocycles. The minimum Gasteiger partial charge on any atom is -0.379 e. The van der Waals surface area contributed by atoms with Crippen molar-refractivity contribution in [2.45, 2.75) is 13.0 Å². The Balaban J connectivity index is 2.00. The third kappa shape index (κ3) is 2.83. The molecule has 1 aliphatic rings. The van der Waals surface area contributed by atoms with Gasteiger partial charge in [0.25, 0.3) is 5.91 Å². The fraction of sp³-hybridized carbons (Fsp3) is 0.636. The number of carbonyl (C=O) groups is 1. The van der Waals surface area contributed by atoms with Crippen molar-refractivity contribution in [1.29, 1.82) is 0 Å². The maximum atomic E-state index is 11.2. The fourth-order valence-corrected chi connectivity index (χ4v) is 2.10. The Hall–Kier alpha value is -1.40. The molecule has 1 fully saturated rings. The molecule has 1 aromatic heterocycles. The molecule has 0 saturated carbocycles. The van der Waals surface area contributed by atoms with Gasteiger partial charge in [0, 0.05) is 25.8 Å². The molecule has 94 valence electrons. The zero-order chi connectivity index (χ0) is 12.3. The van der Waals surface area contributed by atoms with Crippen LogP contribution in [0.2, 0.25) is 0 Å². The van der Waals surface area contributed by atoms with Gasteiger partial charge in [0.15, 0.2) is 0 Å². The first kappa shape index (κ1) is 12.1. The van der Waals surface area contributed by atoms with Crippen molar-refractivity contribution >= 4 is 5.91 Å². The molecule has 2 rings (SSSR count). The Labute approximate surface area is 100 Å². The minimum absolute atomic E-state index is 0.130. The van der Waals surface area contributed by atoms with E-state index in [-0.39, 0.29) is 6.04 Å². The number of morpholine rings is 1. The lowest BCUT2D eigenvalue weighted by molar-refractivity contribution is 0.0317. The number of primary amides is 1. The van der Waals surface area contributed by atoms with Crippen molar-refractivity contribution < 1.29 is 9.53 Å². The lowest BCUT2D eigenvalue weighted by Crippen LogP contribution is -2.40. The maximum Gasteiger partial charge on any atom is 0.266 e. The Morgan fingerprint density at radius 2 is 2.29 bits per heavy atom. The number of amides is 1. The largest absolute Gasteiger partial charge is 0.379 e. The normalized spacial score (nSPS) is 19.1. The number of ether oxygens (including phenoxy) is 1. The topological polar surface area (TPSA) is 73.4 Å². The van der Waals surface area contributed by atoms with E-state index in [0.717, 1.165) is 32.8 Å². The smallest absolute Gasteiger partial charge is 0.266 e. The Bertz CT molecular complexity index is 385. The number of aromatic nitrogens is 2. The predicted molar refractivity (Wildman–Crippen MR) is 62.7 cm³/mol. The van der Waals surface area contributed by atoms with Crippen molar-refractivity contribution in [2.24, 2.45) is 5.73 Å². The number of hydrogen-bond donors (Lipinski definition) is 1. The van der Waals surface area contributed by atoms with Crippen LogP contribution < -0.4 is 5.73 Å². The van der Waals surface area contributed by atoms with E-state index in [4.69, 9.17) is 10.5 Å². The van der Waals surface area contributed by atoms with Gasteiger partial charge in [0.2, 0.25) is 0 Å². The second-order valence-corrected chi connectivity index (χ2v) is 4.29. The zero-order valence-electron chi connectivity index (χ0n) is 10.0. The zero-order valence-corrected chi connectivity index (χ0v) is 10.0. The molecule has 0 aliphatic carbocycles. The molecule has 1 atom stereocenters. The average molecular weight is 238 g/mol. The molecular weight excluding hydrogens is 220 g/mol. The summed E-state index contributed by atoms with van der Waals surface area (Å²) in [6.45, 7) is 6.29. The Morgan fingerprint density at radius 1 is 1.59 bits per heavy atom. The van der Waals surface area contributed by atoms with Crippen molar-refractivity contribution in [1.82, 2.24) is 14.7 Å². The van der Waals surface area contributed by atoms with Crippen LogP contribution in [0, 0.1) is 0 Å². The first-order chi connectivity index (χ1) is 8.18. The predicted octanol–water partition coefficient (Wildman–Crippen LogP) is -0.125. The quantitative estimate of drug-likeness (QED) is 0.793. The SMILES string of the molecule is CC(CN1CCOCC1)n1nccc1C(N)=O. The second-order valence-electron chi connectivity index (χ2n) is 4.29. The summed E-state index contributed by atoms with van der Waals surface area (Å²) in [6, 6.07) is 1.78. The van der Waals surface area contributed by atoms with E-state index in [0.29, 0.717) is 5.69 Å². The molecule has 2 heterocycles. The number of nitrogens with zero attached hydrogens (tertiary/aromatic N) is 3. The van der Waals surface area contributed by atoms with E-state index in [1.807, 2.05) is 6.92 Å². The number of carbonyl (C=O) groups excluding carboxylic acids is 1. The van der Waals surface area contributed by atoms with Crippen LogP contribution in [0.1, 0.15) is 23.5 Å². The highest BCUT2D eigenvalue weighted by molar-refractivity contribution is 5.90. The van der Waals surface area contributed by atoms with Gasteiger partial charge in [-0.2, -0.15) is 5.10 Å². The fourth-order valence-electron chi connectivity index (χ4n) is 2.10. The first-order valence-corrected chi connectivity index (χ1v) is 5.82. The van der Waals surface area contributed by atoms with Crippen LogP contribution >= 0.6 is 0 Å². The summed E-state index contributed by atoms with van der Waals surface area (Å²) < 4.78 is 6.99. The van der Waals surface area contributed by atoms with E-state index in [1.165, 1.54) is 0 Å². The number of nitrogens with two attached hydrogens (primary N) is 1. The summed E-state index contributed by atoms with van der Waals surface area (Å²) in [5, 5.41) is 4.16. The van der Waals surface area contributed by atoms with Crippen LogP contribution in [0.5, 0.6) is 0 Å². The lowest BCUT2D eigenvalue weighted by Gasteiger charge is -2.29. The molecule has 1 amide bonds. The van der Waals surface area contributed by atoms with Crippen LogP contribution in [0.25, 0.3) is 0 Å². The molecule has 1 unspecified atom stereocenters. The third-order valence-corrected chi connectivity index (χ3v) is 2.97. The third-order valence-electron chi connectivity index (χ3n) is 2.97. The van der Waals surface area contributed by atoms with Gasteiger partial charge in [0.05, 0.1) is 19.3 Å². The molecule has 0 spiro atoms. The van der Waals surface area contributed by atoms with Crippen molar-refractivity contribution in [2.75, 3.05) is 32.8 Å². The van der Waals surface area contributed by atoms with Crippen molar-refractivity contribution in [3.8, 4) is 0 Å². The van der Waals surface area contributed by atoms with Crippen molar-refractivity contribution in [3.05, 3.63) is 18.0 Å². The molecule has 1 aliphatic heterocycles. The van der Waals surface area contributed by atoms with Gasteiger partial charge >= 0.3 is 0 Å². The number of hydrogen-bond acceptors (Lipinski definition) is 4. The Kier molecular flexibility index (Phi) is 3.75. The first-order valence-electron chi connectivity index (χ1n) is 5.82. The highest BCUT2D eigenvalue weighted by atomic mass is 16.5. The van der Waals surface area contributed by atoms with E-state index in [9.17, 15) is 4.79 Å². The van der Waals surface area contributed by atoms with Gasteiger partial charge in [-0.25, -0.2) is 0 Å². The van der Waals surface area contributed by atoms with Crippen LogP contribution in [0.3, 0.4) is 0 Å². The van der Waals surface area contributed by atoms with E-state index in [2.05, 4.69) is 10.00 Å². The standard InChI is InChI=1S/C11H18N4O2/c1-9(8-14-4-6-17-7-5-14)15-10(11(12)16)2-3-13-15/h2-3,9H,4-8H2,1H3,(H2,12,16). The molecule has 17 heavy (non-hydrogen) atoms. The van der Waals surface area contributed by atoms with E-state index >= 15 is 0 Å². The molecular formula is C11H18N4O2. The number of rotatable bonds is 4. The summed E-state index contributed by atoms with van der Waals surface area (Å²) >= 11 is 0. The summed E-state index contributed by atoms with van der Waals surface area (Å²) in [5.74, 6) is -0.434. The molecule has 0 bridgehead atoms. The van der Waals surface area contributed by atoms with Gasteiger partial charge in [-0.05, 0) is 13.0 Å². The highest BCUT2D eigenvalue weighted by Gasteiger charge is 2.18. The van der Waals surface area contributed by atoms with E-state index in [1.54, 1.807) is 16.9 Å². The summed E-state index contributed by atoms with van der Waals surface area (Å²) in [7, 11) is 0. The van der Waals surface area contributed by atoms with Gasteiger partial charge in [-0.15, -0.1) is 0 Å². The summed E-state index contributed by atoms with van der Waals surface area (Å²) in [4.78, 5) is 13.5. The molecule has 2 N–H and O–H groups in total. The second kappa shape index (κ2) is 5.29. The van der Waals surface area contributed by atoms with Crippen LogP contribution in [0.15, 0.2) is 12.3 Å². The monoisotopic (exact) mass is 238 g/mol. The van der Waals surface area contributed by atoms with Crippen molar-refractivity contribution in [3.63, 3.8) is 0 Å². The highest BCUT2D eigenvalue weighted by Crippen LogP contribution is 2.11. The summed E-state index contributed by atoms with van der Waals surface area (Å²) in [6.07, 6.45) is 1.61. The van der Waals surface area contributed by atoms with Gasteiger partial charge < -0.3 is 10.5 Å². The van der Waals surface area contributed by atoms with Gasteiger partial charge in [0.1, 0.15) is 5.69 Å². The Morgan fingerprint density at radius 3 is 2.94 bits per heavy atom. The van der Waals surface area contributed by atoms with Crippen LogP contribution in [-0.4, -0.2) is 53.4 Å². The molecule has 6 nitrogen and oxygen atoms in total. The van der Waals surface area contributed by atoms with Crippen LogP contribution in [0.4, 0.5) is 0 Å². The van der Waals surface area contributed by atoms with Gasteiger partial charge in [-0.1, -0.05) is 0 Å². The molecule has 6 heteroatoms. The lowest BCUT2D eigenvalue weighted by atomic mass is 10.2. The summed E-state index contributed by atoms with van der Waals surface area (Å²) in [5.41, 5.74) is 5.76. The maximum absolute atomic E-state index is 11.2. The van der Waals surface area contributed by atoms with E-state index < -0.39 is 5.91 Å².